The van der Waals surface area contributed by atoms with Crippen molar-refractivity contribution in [2.24, 2.45) is 0 Å². The molecular formula is C19H25N3O3. The maximum absolute atomic E-state index is 12.2. The molecule has 6 nitrogen and oxygen atoms in total. The minimum atomic E-state index is -0.207. The van der Waals surface area contributed by atoms with E-state index in [1.54, 1.807) is 0 Å². The van der Waals surface area contributed by atoms with Gasteiger partial charge in [-0.3, -0.25) is 4.79 Å². The van der Waals surface area contributed by atoms with Gasteiger partial charge in [-0.15, -0.1) is 0 Å². The lowest BCUT2D eigenvalue weighted by atomic mass is 9.93. The van der Waals surface area contributed by atoms with Gasteiger partial charge in [-0.05, 0) is 50.1 Å². The number of nitrogens with zero attached hydrogens (tertiary/aromatic N) is 1. The van der Waals surface area contributed by atoms with Crippen LogP contribution in [0.1, 0.15) is 32.6 Å². The molecule has 0 aliphatic heterocycles. The van der Waals surface area contributed by atoms with E-state index in [-0.39, 0.29) is 30.7 Å². The lowest BCUT2D eigenvalue weighted by Gasteiger charge is -2.29. The van der Waals surface area contributed by atoms with Gasteiger partial charge in [-0.25, -0.2) is 4.79 Å². The fourth-order valence-corrected chi connectivity index (χ4v) is 3.36. The number of amides is 2. The van der Waals surface area contributed by atoms with Crippen molar-refractivity contribution in [1.29, 1.82) is 0 Å². The van der Waals surface area contributed by atoms with Crippen LogP contribution in [0, 0.1) is 0 Å². The molecule has 1 fully saturated rings. The van der Waals surface area contributed by atoms with Crippen molar-refractivity contribution in [2.45, 2.75) is 51.3 Å². The topological polar surface area (TPSA) is 72.4 Å². The molecule has 0 atom stereocenters. The minimum Gasteiger partial charge on any atom is -0.461 e. The molecule has 6 heteroatoms. The van der Waals surface area contributed by atoms with Crippen LogP contribution >= 0.6 is 0 Å². The second kappa shape index (κ2) is 8.05. The van der Waals surface area contributed by atoms with Crippen molar-refractivity contribution in [2.75, 3.05) is 6.54 Å². The minimum absolute atomic E-state index is 0.0541. The number of ether oxygens (including phenoxy) is 1. The molecule has 0 radical (unpaired) electrons. The molecule has 3 rings (SSSR count). The Hall–Kier alpha value is -2.50. The van der Waals surface area contributed by atoms with Crippen LogP contribution in [0.5, 0.6) is 0 Å². The summed E-state index contributed by atoms with van der Waals surface area (Å²) in [5.41, 5.74) is 1.04. The van der Waals surface area contributed by atoms with E-state index in [2.05, 4.69) is 10.6 Å². The lowest BCUT2D eigenvalue weighted by molar-refractivity contribution is -0.151. The highest BCUT2D eigenvalue weighted by Crippen LogP contribution is 2.22. The summed E-state index contributed by atoms with van der Waals surface area (Å²) in [6, 6.07) is 10.0. The molecule has 0 unspecified atom stereocenters. The van der Waals surface area contributed by atoms with Crippen LogP contribution in [0.3, 0.4) is 0 Å². The summed E-state index contributed by atoms with van der Waals surface area (Å²) >= 11 is 0. The van der Waals surface area contributed by atoms with Crippen molar-refractivity contribution < 1.29 is 14.3 Å². The van der Waals surface area contributed by atoms with Gasteiger partial charge in [-0.1, -0.05) is 18.2 Å². The second-order valence-corrected chi connectivity index (χ2v) is 6.47. The number of carbonyl (C=O) groups is 2. The first kappa shape index (κ1) is 17.3. The van der Waals surface area contributed by atoms with Crippen molar-refractivity contribution in [3.8, 4) is 0 Å². The van der Waals surface area contributed by atoms with E-state index in [1.165, 1.54) is 0 Å². The highest BCUT2D eigenvalue weighted by molar-refractivity contribution is 5.82. The molecule has 0 saturated heterocycles. The van der Waals surface area contributed by atoms with E-state index >= 15 is 0 Å². The molecule has 2 N–H and O–H groups in total. The summed E-state index contributed by atoms with van der Waals surface area (Å²) in [6.45, 7) is 2.74. The van der Waals surface area contributed by atoms with Gasteiger partial charge in [-0.2, -0.15) is 0 Å². The maximum Gasteiger partial charge on any atom is 0.326 e. The number of fused-ring (bicyclic) bond motifs is 1. The zero-order chi connectivity index (χ0) is 17.6. The summed E-state index contributed by atoms with van der Waals surface area (Å²) in [6.07, 6.45) is 5.11. The Labute approximate surface area is 147 Å². The van der Waals surface area contributed by atoms with Crippen LogP contribution < -0.4 is 10.6 Å². The number of carbonyl (C=O) groups excluding carboxylic acids is 2. The first-order valence-corrected chi connectivity index (χ1v) is 8.93. The first-order chi connectivity index (χ1) is 12.2. The summed E-state index contributed by atoms with van der Waals surface area (Å²) < 4.78 is 7.54. The van der Waals surface area contributed by atoms with Crippen molar-refractivity contribution in [3.05, 3.63) is 36.5 Å². The van der Waals surface area contributed by atoms with Crippen LogP contribution in [-0.4, -0.2) is 35.3 Å². The molecule has 0 spiro atoms. The molecule has 25 heavy (non-hydrogen) atoms. The van der Waals surface area contributed by atoms with E-state index in [0.717, 1.165) is 36.6 Å². The number of esters is 1. The van der Waals surface area contributed by atoms with Crippen molar-refractivity contribution in [1.82, 2.24) is 15.2 Å². The van der Waals surface area contributed by atoms with Gasteiger partial charge in [0, 0.05) is 24.3 Å². The molecular weight excluding hydrogens is 318 g/mol. The standard InChI is InChI=1S/C19H25N3O3/c1-2-20-19(24)21-15-7-9-16(10-8-15)25-18(23)13-22-12-11-14-5-3-4-6-17(14)22/h3-6,11-12,15-16H,2,7-10,13H2,1H3,(H2,20,21,24). The predicted molar refractivity (Wildman–Crippen MR) is 96.3 cm³/mol. The summed E-state index contributed by atoms with van der Waals surface area (Å²) in [5, 5.41) is 6.81. The summed E-state index contributed by atoms with van der Waals surface area (Å²) in [4.78, 5) is 23.8. The molecule has 1 aromatic heterocycles. The Morgan fingerprint density at radius 1 is 1.16 bits per heavy atom. The summed E-state index contributed by atoms with van der Waals surface area (Å²) in [7, 11) is 0. The first-order valence-electron chi connectivity index (χ1n) is 8.93. The van der Waals surface area contributed by atoms with Gasteiger partial charge < -0.3 is 19.9 Å². The quantitative estimate of drug-likeness (QED) is 0.820. The lowest BCUT2D eigenvalue weighted by Crippen LogP contribution is -2.44. The van der Waals surface area contributed by atoms with Gasteiger partial charge in [0.25, 0.3) is 0 Å². The maximum atomic E-state index is 12.2. The predicted octanol–water partition coefficient (Wildman–Crippen LogP) is 2.81. The van der Waals surface area contributed by atoms with Crippen LogP contribution in [0.2, 0.25) is 0 Å². The van der Waals surface area contributed by atoms with E-state index in [1.807, 2.05) is 48.0 Å². The molecule has 2 aromatic rings. The number of para-hydroxylation sites is 1. The number of nitrogens with one attached hydrogen (secondary N) is 2. The van der Waals surface area contributed by atoms with E-state index in [4.69, 9.17) is 4.74 Å². The normalized spacial score (nSPS) is 20.2. The average molecular weight is 343 g/mol. The third kappa shape index (κ3) is 4.53. The van der Waals surface area contributed by atoms with Gasteiger partial charge >= 0.3 is 12.0 Å². The van der Waals surface area contributed by atoms with Crippen molar-refractivity contribution in [3.63, 3.8) is 0 Å². The number of hydrogen-bond acceptors (Lipinski definition) is 3. The Morgan fingerprint density at radius 2 is 1.92 bits per heavy atom. The average Bonchev–Trinajstić information content (AvgIpc) is 3.00. The molecule has 134 valence electrons. The number of benzene rings is 1. The zero-order valence-corrected chi connectivity index (χ0v) is 14.5. The monoisotopic (exact) mass is 343 g/mol. The number of rotatable bonds is 5. The van der Waals surface area contributed by atoms with Gasteiger partial charge in [0.1, 0.15) is 12.6 Å². The fraction of sp³-hybridized carbons (Fsp3) is 0.474. The fourth-order valence-electron chi connectivity index (χ4n) is 3.36. The highest BCUT2D eigenvalue weighted by atomic mass is 16.5. The number of aromatic nitrogens is 1. The Kier molecular flexibility index (Phi) is 5.58. The molecule has 2 amide bonds. The number of urea groups is 1. The molecule has 0 bridgehead atoms. The SMILES string of the molecule is CCNC(=O)NC1CCC(OC(=O)Cn2ccc3ccccc32)CC1. The number of hydrogen-bond donors (Lipinski definition) is 2. The molecule has 1 aliphatic rings. The van der Waals surface area contributed by atoms with Crippen molar-refractivity contribution >= 4 is 22.9 Å². The van der Waals surface area contributed by atoms with Gasteiger partial charge in [0.05, 0.1) is 0 Å². The molecule has 1 aromatic carbocycles. The van der Waals surface area contributed by atoms with Crippen LogP contribution in [-0.2, 0) is 16.1 Å². The Balaban J connectivity index is 1.46. The van der Waals surface area contributed by atoms with E-state index < -0.39 is 0 Å². The Bertz CT molecular complexity index is 732. The third-order valence-electron chi connectivity index (χ3n) is 4.62. The van der Waals surface area contributed by atoms with Gasteiger partial charge in [0.15, 0.2) is 0 Å². The van der Waals surface area contributed by atoms with Crippen LogP contribution in [0.15, 0.2) is 36.5 Å². The molecule has 1 saturated carbocycles. The third-order valence-corrected chi connectivity index (χ3v) is 4.62. The van der Waals surface area contributed by atoms with Crippen LogP contribution in [0.25, 0.3) is 10.9 Å². The molecule has 1 heterocycles. The Morgan fingerprint density at radius 3 is 2.68 bits per heavy atom. The summed E-state index contributed by atoms with van der Waals surface area (Å²) in [5.74, 6) is -0.207. The largest absolute Gasteiger partial charge is 0.461 e. The smallest absolute Gasteiger partial charge is 0.326 e. The van der Waals surface area contributed by atoms with Crippen LogP contribution in [0.4, 0.5) is 4.79 Å². The van der Waals surface area contributed by atoms with E-state index in [0.29, 0.717) is 6.54 Å². The van der Waals surface area contributed by atoms with Gasteiger partial charge in [0.2, 0.25) is 0 Å². The van der Waals surface area contributed by atoms with E-state index in [9.17, 15) is 9.59 Å². The zero-order valence-electron chi connectivity index (χ0n) is 14.5. The second-order valence-electron chi connectivity index (χ2n) is 6.47. The molecule has 1 aliphatic carbocycles. The highest BCUT2D eigenvalue weighted by Gasteiger charge is 2.25.